The van der Waals surface area contributed by atoms with Gasteiger partial charge < -0.3 is 14.6 Å². The van der Waals surface area contributed by atoms with Crippen LogP contribution in [0.15, 0.2) is 0 Å². The molecule has 0 aromatic rings. The minimum atomic E-state index is -0.855. The van der Waals surface area contributed by atoms with Crippen molar-refractivity contribution in [3.63, 3.8) is 0 Å². The Bertz CT molecular complexity index is 609. The molecule has 0 aliphatic carbocycles. The Morgan fingerprint density at radius 3 is 1.17 bits per heavy atom. The van der Waals surface area contributed by atoms with Gasteiger partial charge in [0.15, 0.2) is 0 Å². The molecule has 0 aromatic heterocycles. The van der Waals surface area contributed by atoms with Gasteiger partial charge in [0.05, 0.1) is 27.2 Å². The number of likely N-dealkylation sites (N-methyl/N-ethyl adjacent to an activating group) is 1. The average Bonchev–Trinajstić information content (AvgIpc) is 2.96. The first-order chi connectivity index (χ1) is 19.8. The lowest BCUT2D eigenvalue weighted by molar-refractivity contribution is -0.937. The molecule has 0 heterocycles. The number of carbonyl (C=O) groups excluding carboxylic acids is 2. The molecular weight excluding hydrogens is 514 g/mol. The van der Waals surface area contributed by atoms with E-state index in [4.69, 9.17) is 9.47 Å². The highest BCUT2D eigenvalue weighted by Gasteiger charge is 2.40. The van der Waals surface area contributed by atoms with Gasteiger partial charge in [-0.05, 0) is 19.8 Å². The van der Waals surface area contributed by atoms with Crippen molar-refractivity contribution in [2.45, 2.75) is 187 Å². The van der Waals surface area contributed by atoms with E-state index >= 15 is 0 Å². The minimum Gasteiger partial charge on any atom is -0.449 e. The van der Waals surface area contributed by atoms with Gasteiger partial charge in [-0.3, -0.25) is 14.1 Å². The molecule has 2 atom stereocenters. The molecule has 6 nitrogen and oxygen atoms in total. The standard InChI is InChI=1S/C35H70NO5/c1-6-9-11-13-15-17-19-21-23-25-27-29-33(38)40-32(31-37)35(36(4,5)8-3)41-34(39)30-28-26-24-22-20-18-16-14-12-10-7-2/h32,35,37H,6-31H2,1-5H3/q+1. The van der Waals surface area contributed by atoms with Gasteiger partial charge in [0.25, 0.3) is 6.23 Å². The van der Waals surface area contributed by atoms with Gasteiger partial charge in [-0.25, -0.2) is 0 Å². The van der Waals surface area contributed by atoms with Gasteiger partial charge in [-0.15, -0.1) is 0 Å². The zero-order valence-electron chi connectivity index (χ0n) is 28.1. The van der Waals surface area contributed by atoms with E-state index < -0.39 is 12.3 Å². The third kappa shape index (κ3) is 23.0. The molecule has 0 rings (SSSR count). The quantitative estimate of drug-likeness (QED) is 0.0394. The number of rotatable bonds is 30. The zero-order chi connectivity index (χ0) is 30.6. The molecule has 0 spiro atoms. The summed E-state index contributed by atoms with van der Waals surface area (Å²) in [4.78, 5) is 25.3. The molecule has 2 unspecified atom stereocenters. The summed E-state index contributed by atoms with van der Waals surface area (Å²) in [5.74, 6) is -0.590. The number of esters is 2. The maximum Gasteiger partial charge on any atom is 0.310 e. The van der Waals surface area contributed by atoms with Crippen molar-refractivity contribution in [1.29, 1.82) is 0 Å². The number of nitrogens with zero attached hydrogens (tertiary/aromatic N) is 1. The molecule has 0 fully saturated rings. The molecule has 0 saturated heterocycles. The summed E-state index contributed by atoms with van der Waals surface area (Å²) >= 11 is 0. The van der Waals surface area contributed by atoms with E-state index in [2.05, 4.69) is 13.8 Å². The number of aliphatic hydroxyl groups excluding tert-OH is 1. The third-order valence-electron chi connectivity index (χ3n) is 8.51. The Morgan fingerprint density at radius 2 is 0.854 bits per heavy atom. The van der Waals surface area contributed by atoms with E-state index in [1.165, 1.54) is 103 Å². The van der Waals surface area contributed by atoms with Crippen LogP contribution in [-0.2, 0) is 19.1 Å². The molecular formula is C35H70NO5+. The van der Waals surface area contributed by atoms with Crippen LogP contribution in [0.3, 0.4) is 0 Å². The highest BCUT2D eigenvalue weighted by atomic mass is 16.6. The van der Waals surface area contributed by atoms with Gasteiger partial charge in [0.2, 0.25) is 6.10 Å². The van der Waals surface area contributed by atoms with E-state index in [9.17, 15) is 14.7 Å². The maximum atomic E-state index is 12.7. The number of unbranched alkanes of at least 4 members (excludes halogenated alkanes) is 20. The van der Waals surface area contributed by atoms with Crippen molar-refractivity contribution in [2.24, 2.45) is 0 Å². The first-order valence-electron chi connectivity index (χ1n) is 17.6. The van der Waals surface area contributed by atoms with E-state index in [-0.39, 0.29) is 18.5 Å². The summed E-state index contributed by atoms with van der Waals surface area (Å²) in [5, 5.41) is 10.1. The maximum absolute atomic E-state index is 12.7. The van der Waals surface area contributed by atoms with Crippen LogP contribution in [0.25, 0.3) is 0 Å². The second kappa shape index (κ2) is 27.7. The summed E-state index contributed by atoms with van der Waals surface area (Å²) in [6, 6.07) is 0. The summed E-state index contributed by atoms with van der Waals surface area (Å²) in [7, 11) is 3.89. The van der Waals surface area contributed by atoms with Crippen molar-refractivity contribution in [1.82, 2.24) is 0 Å². The Kier molecular flexibility index (Phi) is 26.9. The number of quaternary nitrogens is 1. The molecule has 6 heteroatoms. The Morgan fingerprint density at radius 1 is 0.537 bits per heavy atom. The molecule has 0 saturated carbocycles. The van der Waals surface area contributed by atoms with Crippen molar-refractivity contribution in [3.8, 4) is 0 Å². The Hall–Kier alpha value is -1.14. The van der Waals surface area contributed by atoms with E-state index in [1.54, 1.807) is 0 Å². The monoisotopic (exact) mass is 585 g/mol. The van der Waals surface area contributed by atoms with Crippen LogP contribution in [0.5, 0.6) is 0 Å². The fourth-order valence-electron chi connectivity index (χ4n) is 5.32. The largest absolute Gasteiger partial charge is 0.449 e. The number of hydrogen-bond acceptors (Lipinski definition) is 5. The van der Waals surface area contributed by atoms with Gasteiger partial charge in [0, 0.05) is 12.8 Å². The van der Waals surface area contributed by atoms with Gasteiger partial charge in [0.1, 0.15) is 0 Å². The first kappa shape index (κ1) is 39.9. The van der Waals surface area contributed by atoms with Crippen molar-refractivity contribution in [3.05, 3.63) is 0 Å². The summed E-state index contributed by atoms with van der Waals surface area (Å²) in [6.45, 7) is 6.83. The van der Waals surface area contributed by atoms with E-state index in [1.807, 2.05) is 21.0 Å². The molecule has 244 valence electrons. The Balaban J connectivity index is 4.28. The highest BCUT2D eigenvalue weighted by molar-refractivity contribution is 5.70. The smallest absolute Gasteiger partial charge is 0.310 e. The highest BCUT2D eigenvalue weighted by Crippen LogP contribution is 2.19. The van der Waals surface area contributed by atoms with E-state index in [0.717, 1.165) is 38.5 Å². The lowest BCUT2D eigenvalue weighted by atomic mass is 10.1. The zero-order valence-corrected chi connectivity index (χ0v) is 28.1. The first-order valence-corrected chi connectivity index (χ1v) is 17.6. The summed E-state index contributed by atoms with van der Waals surface area (Å²) in [6.07, 6.45) is 26.1. The van der Waals surface area contributed by atoms with Crippen LogP contribution in [0, 0.1) is 0 Å². The molecule has 0 radical (unpaired) electrons. The lowest BCUT2D eigenvalue weighted by Gasteiger charge is -2.39. The minimum absolute atomic E-state index is 0.273. The van der Waals surface area contributed by atoms with Crippen molar-refractivity contribution >= 4 is 11.9 Å². The number of ether oxygens (including phenoxy) is 2. The molecule has 0 aliphatic heterocycles. The van der Waals surface area contributed by atoms with Crippen LogP contribution in [0.2, 0.25) is 0 Å². The second-order valence-corrected chi connectivity index (χ2v) is 12.8. The van der Waals surface area contributed by atoms with Crippen LogP contribution in [-0.4, -0.2) is 61.1 Å². The molecule has 1 N–H and O–H groups in total. The van der Waals surface area contributed by atoms with Gasteiger partial charge in [-0.2, -0.15) is 0 Å². The van der Waals surface area contributed by atoms with Gasteiger partial charge >= 0.3 is 11.9 Å². The summed E-state index contributed by atoms with van der Waals surface area (Å²) in [5.41, 5.74) is 0. The second-order valence-electron chi connectivity index (χ2n) is 12.8. The molecule has 0 aromatic carbocycles. The third-order valence-corrected chi connectivity index (χ3v) is 8.51. The molecule has 0 amide bonds. The molecule has 41 heavy (non-hydrogen) atoms. The fraction of sp³-hybridized carbons (Fsp3) is 0.943. The Labute approximate surface area is 254 Å². The number of carbonyl (C=O) groups is 2. The van der Waals surface area contributed by atoms with Crippen LogP contribution in [0.1, 0.15) is 175 Å². The van der Waals surface area contributed by atoms with Crippen LogP contribution in [0.4, 0.5) is 0 Å². The van der Waals surface area contributed by atoms with Crippen LogP contribution < -0.4 is 0 Å². The number of aliphatic hydroxyl groups is 1. The molecule has 0 bridgehead atoms. The SMILES string of the molecule is CCCCCCCCCCCCCC(=O)OC(CO)C(OC(=O)CCCCCCCCCCCCC)[N+](C)(C)CC. The van der Waals surface area contributed by atoms with Crippen molar-refractivity contribution < 1.29 is 28.7 Å². The number of hydrogen-bond donors (Lipinski definition) is 1. The average molecular weight is 585 g/mol. The van der Waals surface area contributed by atoms with Gasteiger partial charge in [-0.1, -0.05) is 142 Å². The fourth-order valence-corrected chi connectivity index (χ4v) is 5.32. The van der Waals surface area contributed by atoms with Crippen molar-refractivity contribution in [2.75, 3.05) is 27.2 Å². The molecule has 0 aliphatic rings. The lowest BCUT2D eigenvalue weighted by Crippen LogP contribution is -2.58. The predicted molar refractivity (Wildman–Crippen MR) is 172 cm³/mol. The normalized spacial score (nSPS) is 13.2. The summed E-state index contributed by atoms with van der Waals surface area (Å²) < 4.78 is 11.9. The van der Waals surface area contributed by atoms with Crippen LogP contribution >= 0.6 is 0 Å². The van der Waals surface area contributed by atoms with E-state index in [0.29, 0.717) is 23.9 Å². The predicted octanol–water partition coefficient (Wildman–Crippen LogP) is 9.26. The topological polar surface area (TPSA) is 72.8 Å².